The van der Waals surface area contributed by atoms with Crippen molar-refractivity contribution in [3.63, 3.8) is 0 Å². The third kappa shape index (κ3) is 5.26. The van der Waals surface area contributed by atoms with Gasteiger partial charge in [0, 0.05) is 6.54 Å². The van der Waals surface area contributed by atoms with Gasteiger partial charge in [0.15, 0.2) is 0 Å². The van der Waals surface area contributed by atoms with Gasteiger partial charge in [0.25, 0.3) is 0 Å². The topological polar surface area (TPSA) is 78.4 Å². The third-order valence-electron chi connectivity index (χ3n) is 2.78. The normalized spacial score (nSPS) is 10.1. The molecule has 0 saturated carbocycles. The van der Waals surface area contributed by atoms with Crippen molar-refractivity contribution in [1.82, 2.24) is 5.32 Å². The largest absolute Gasteiger partial charge is 0.478 e. The molecule has 1 aromatic rings. The summed E-state index contributed by atoms with van der Waals surface area (Å²) in [4.78, 5) is 22.5. The Balaban J connectivity index is 2.51. The van der Waals surface area contributed by atoms with Crippen molar-refractivity contribution < 1.29 is 19.1 Å². The van der Waals surface area contributed by atoms with Gasteiger partial charge in [-0.25, -0.2) is 14.0 Å². The minimum Gasteiger partial charge on any atom is -0.478 e. The van der Waals surface area contributed by atoms with Crippen LogP contribution in [0.2, 0.25) is 0 Å². The maximum atomic E-state index is 13.0. The zero-order valence-corrected chi connectivity index (χ0v) is 11.4. The molecule has 1 rings (SSSR count). The quantitative estimate of drug-likeness (QED) is 0.672. The van der Waals surface area contributed by atoms with Gasteiger partial charge in [-0.15, -0.1) is 0 Å². The van der Waals surface area contributed by atoms with Crippen LogP contribution in [0.15, 0.2) is 18.2 Å². The van der Waals surface area contributed by atoms with E-state index < -0.39 is 17.8 Å². The highest BCUT2D eigenvalue weighted by Gasteiger charge is 2.13. The summed E-state index contributed by atoms with van der Waals surface area (Å²) in [6, 6.07) is 2.72. The first-order valence-corrected chi connectivity index (χ1v) is 6.62. The van der Waals surface area contributed by atoms with E-state index in [0.29, 0.717) is 6.54 Å². The van der Waals surface area contributed by atoms with Crippen molar-refractivity contribution >= 4 is 17.7 Å². The number of halogens is 1. The molecule has 0 aliphatic rings. The fourth-order valence-corrected chi connectivity index (χ4v) is 1.72. The molecule has 5 nitrogen and oxygen atoms in total. The number of carbonyl (C=O) groups is 2. The van der Waals surface area contributed by atoms with Crippen LogP contribution in [-0.4, -0.2) is 23.7 Å². The van der Waals surface area contributed by atoms with Gasteiger partial charge < -0.3 is 15.7 Å². The van der Waals surface area contributed by atoms with Gasteiger partial charge in [0.1, 0.15) is 5.82 Å². The highest BCUT2D eigenvalue weighted by Crippen LogP contribution is 2.16. The summed E-state index contributed by atoms with van der Waals surface area (Å²) in [5, 5.41) is 14.0. The number of carbonyl (C=O) groups excluding carboxylic acids is 1. The number of hydrogen-bond donors (Lipinski definition) is 3. The Morgan fingerprint density at radius 3 is 2.65 bits per heavy atom. The van der Waals surface area contributed by atoms with Gasteiger partial charge in [0.05, 0.1) is 11.3 Å². The molecule has 0 aromatic heterocycles. The van der Waals surface area contributed by atoms with E-state index in [4.69, 9.17) is 5.11 Å². The van der Waals surface area contributed by atoms with Crippen LogP contribution in [0.4, 0.5) is 14.9 Å². The van der Waals surface area contributed by atoms with Crippen molar-refractivity contribution in [3.8, 4) is 0 Å². The Labute approximate surface area is 117 Å². The van der Waals surface area contributed by atoms with E-state index in [9.17, 15) is 14.0 Å². The summed E-state index contributed by atoms with van der Waals surface area (Å²) in [5.41, 5.74) is -0.198. The van der Waals surface area contributed by atoms with Crippen molar-refractivity contribution in [1.29, 1.82) is 0 Å². The van der Waals surface area contributed by atoms with Gasteiger partial charge >= 0.3 is 12.0 Å². The van der Waals surface area contributed by atoms with E-state index in [1.54, 1.807) is 0 Å². The highest BCUT2D eigenvalue weighted by atomic mass is 19.1. The molecule has 0 saturated heterocycles. The van der Waals surface area contributed by atoms with Crippen molar-refractivity contribution in [2.24, 2.45) is 0 Å². The molecular weight excluding hydrogens is 263 g/mol. The summed E-state index contributed by atoms with van der Waals surface area (Å²) in [6.45, 7) is 2.62. The molecular formula is C14H19FN2O3. The first-order valence-electron chi connectivity index (χ1n) is 6.62. The van der Waals surface area contributed by atoms with Gasteiger partial charge in [-0.05, 0) is 24.6 Å². The first-order chi connectivity index (χ1) is 9.54. The van der Waals surface area contributed by atoms with Crippen molar-refractivity contribution in [2.45, 2.75) is 32.6 Å². The second kappa shape index (κ2) is 8.14. The molecule has 0 heterocycles. The molecule has 6 heteroatoms. The smallest absolute Gasteiger partial charge is 0.337 e. The number of carboxylic acids is 1. The van der Waals surface area contributed by atoms with Gasteiger partial charge in [-0.2, -0.15) is 0 Å². The molecule has 20 heavy (non-hydrogen) atoms. The maximum Gasteiger partial charge on any atom is 0.337 e. The summed E-state index contributed by atoms with van der Waals surface area (Å²) in [7, 11) is 0. The van der Waals surface area contributed by atoms with E-state index in [0.717, 1.165) is 37.8 Å². The first kappa shape index (κ1) is 15.9. The molecule has 0 atom stereocenters. The third-order valence-corrected chi connectivity index (χ3v) is 2.78. The lowest BCUT2D eigenvalue weighted by Crippen LogP contribution is -2.30. The van der Waals surface area contributed by atoms with Crippen LogP contribution in [0.1, 0.15) is 43.0 Å². The number of urea groups is 1. The number of unbranched alkanes of at least 4 members (excludes halogenated alkanes) is 3. The summed E-state index contributed by atoms with van der Waals surface area (Å²) in [6.07, 6.45) is 4.14. The van der Waals surface area contributed by atoms with Gasteiger partial charge in [0.2, 0.25) is 0 Å². The number of nitrogens with one attached hydrogen (secondary N) is 2. The lowest BCUT2D eigenvalue weighted by Gasteiger charge is -2.10. The molecule has 0 radical (unpaired) electrons. The Hall–Kier alpha value is -2.11. The maximum absolute atomic E-state index is 13.0. The SMILES string of the molecule is CCCCCCNC(=O)Nc1ccc(F)cc1C(=O)O. The van der Waals surface area contributed by atoms with Crippen molar-refractivity contribution in [2.75, 3.05) is 11.9 Å². The molecule has 0 aliphatic heterocycles. The molecule has 1 aromatic carbocycles. The summed E-state index contributed by atoms with van der Waals surface area (Å²) < 4.78 is 13.0. The number of carboxylic acid groups (broad SMARTS) is 1. The van der Waals surface area contributed by atoms with E-state index in [1.165, 1.54) is 6.07 Å². The Morgan fingerprint density at radius 2 is 2.00 bits per heavy atom. The summed E-state index contributed by atoms with van der Waals surface area (Å²) in [5.74, 6) is -1.95. The zero-order valence-electron chi connectivity index (χ0n) is 11.4. The second-order valence-corrected chi connectivity index (χ2v) is 4.44. The van der Waals surface area contributed by atoms with Crippen LogP contribution >= 0.6 is 0 Å². The van der Waals surface area contributed by atoms with Crippen LogP contribution in [0.3, 0.4) is 0 Å². The molecule has 0 unspecified atom stereocenters. The minimum atomic E-state index is -1.29. The lowest BCUT2D eigenvalue weighted by atomic mass is 10.1. The monoisotopic (exact) mass is 282 g/mol. The standard InChI is InChI=1S/C14H19FN2O3/c1-2-3-4-5-8-16-14(20)17-12-7-6-10(15)9-11(12)13(18)19/h6-7,9H,2-5,8H2,1H3,(H,18,19)(H2,16,17,20). The zero-order chi connectivity index (χ0) is 15.0. The van der Waals surface area contributed by atoms with E-state index in [1.807, 2.05) is 0 Å². The Bertz CT molecular complexity index is 477. The fraction of sp³-hybridized carbons (Fsp3) is 0.429. The number of amides is 2. The highest BCUT2D eigenvalue weighted by molar-refractivity contribution is 5.99. The molecule has 110 valence electrons. The predicted molar refractivity (Wildman–Crippen MR) is 74.5 cm³/mol. The predicted octanol–water partition coefficient (Wildman–Crippen LogP) is 3.23. The average Bonchev–Trinajstić information content (AvgIpc) is 2.40. The van der Waals surface area contributed by atoms with Crippen LogP contribution in [0, 0.1) is 5.82 Å². The summed E-state index contributed by atoms with van der Waals surface area (Å²) >= 11 is 0. The van der Waals surface area contributed by atoms with E-state index in [2.05, 4.69) is 17.6 Å². The lowest BCUT2D eigenvalue weighted by molar-refractivity contribution is 0.0697. The van der Waals surface area contributed by atoms with Crippen LogP contribution in [0.25, 0.3) is 0 Å². The van der Waals surface area contributed by atoms with Gasteiger partial charge in [-0.1, -0.05) is 26.2 Å². The number of hydrogen-bond acceptors (Lipinski definition) is 2. The molecule has 3 N–H and O–H groups in total. The fourth-order valence-electron chi connectivity index (χ4n) is 1.72. The van der Waals surface area contributed by atoms with Gasteiger partial charge in [-0.3, -0.25) is 0 Å². The molecule has 0 aliphatic carbocycles. The molecule has 0 spiro atoms. The number of rotatable bonds is 7. The average molecular weight is 282 g/mol. The van der Waals surface area contributed by atoms with Crippen LogP contribution in [0.5, 0.6) is 0 Å². The van der Waals surface area contributed by atoms with Crippen molar-refractivity contribution in [3.05, 3.63) is 29.6 Å². The Kier molecular flexibility index (Phi) is 6.49. The number of anilines is 1. The number of aromatic carboxylic acids is 1. The van der Waals surface area contributed by atoms with Crippen LogP contribution in [-0.2, 0) is 0 Å². The van der Waals surface area contributed by atoms with Crippen LogP contribution < -0.4 is 10.6 Å². The molecule has 2 amide bonds. The molecule has 0 fully saturated rings. The minimum absolute atomic E-state index is 0.0740. The Morgan fingerprint density at radius 1 is 1.25 bits per heavy atom. The van der Waals surface area contributed by atoms with E-state index in [-0.39, 0.29) is 11.3 Å². The second-order valence-electron chi connectivity index (χ2n) is 4.44. The molecule has 0 bridgehead atoms. The van der Waals surface area contributed by atoms with E-state index >= 15 is 0 Å². The number of benzene rings is 1.